The first-order valence-electron chi connectivity index (χ1n) is 8.58. The summed E-state index contributed by atoms with van der Waals surface area (Å²) < 4.78 is 10.8. The first kappa shape index (κ1) is 19.0. The predicted molar refractivity (Wildman–Crippen MR) is 103 cm³/mol. The Morgan fingerprint density at radius 1 is 1.15 bits per heavy atom. The van der Waals surface area contributed by atoms with Crippen molar-refractivity contribution < 1.29 is 19.1 Å². The Kier molecular flexibility index (Phi) is 5.27. The van der Waals surface area contributed by atoms with Gasteiger partial charge in [0.05, 0.1) is 23.3 Å². The topological polar surface area (TPSA) is 94.2 Å². The van der Waals surface area contributed by atoms with Gasteiger partial charge in [0.1, 0.15) is 11.2 Å². The lowest BCUT2D eigenvalue weighted by atomic mass is 10.1. The van der Waals surface area contributed by atoms with Crippen molar-refractivity contribution in [1.82, 2.24) is 15.0 Å². The second kappa shape index (κ2) is 7.48. The van der Waals surface area contributed by atoms with Crippen LogP contribution in [-0.2, 0) is 4.74 Å². The fraction of sp³-hybridized carbons (Fsp3) is 0.368. The average molecular weight is 387 g/mol. The number of aryl methyl sites for hydroxylation is 3. The molecule has 27 heavy (non-hydrogen) atoms. The Morgan fingerprint density at radius 2 is 1.89 bits per heavy atom. The van der Waals surface area contributed by atoms with Crippen molar-refractivity contribution in [3.8, 4) is 5.88 Å². The van der Waals surface area contributed by atoms with E-state index < -0.39 is 5.97 Å². The zero-order valence-electron chi connectivity index (χ0n) is 15.9. The van der Waals surface area contributed by atoms with Crippen LogP contribution in [0.3, 0.4) is 0 Å². The Hall–Kier alpha value is -2.74. The van der Waals surface area contributed by atoms with E-state index in [9.17, 15) is 9.59 Å². The summed E-state index contributed by atoms with van der Waals surface area (Å²) in [6.07, 6.45) is 1.43. The molecule has 0 aliphatic rings. The van der Waals surface area contributed by atoms with E-state index in [2.05, 4.69) is 15.0 Å². The first-order chi connectivity index (χ1) is 12.8. The minimum absolute atomic E-state index is 0.191. The predicted octanol–water partition coefficient (Wildman–Crippen LogP) is 3.69. The van der Waals surface area contributed by atoms with Gasteiger partial charge >= 0.3 is 5.97 Å². The van der Waals surface area contributed by atoms with Crippen molar-refractivity contribution in [2.24, 2.45) is 0 Å². The number of hydrogen-bond donors (Lipinski definition) is 1. The van der Waals surface area contributed by atoms with Crippen LogP contribution in [0.15, 0.2) is 6.33 Å². The van der Waals surface area contributed by atoms with Crippen LogP contribution in [0.1, 0.15) is 49.5 Å². The first-order valence-corrected chi connectivity index (χ1v) is 9.39. The van der Waals surface area contributed by atoms with Crippen LogP contribution in [-0.4, -0.2) is 39.9 Å². The number of thiophene rings is 1. The molecule has 7 nitrogen and oxygen atoms in total. The average Bonchev–Trinajstić information content (AvgIpc) is 3.09. The lowest BCUT2D eigenvalue weighted by molar-refractivity contribution is 0.0525. The summed E-state index contributed by atoms with van der Waals surface area (Å²) in [6.45, 7) is 9.28. The van der Waals surface area contributed by atoms with Crippen LogP contribution >= 0.6 is 11.3 Å². The molecule has 0 saturated heterocycles. The maximum atomic E-state index is 12.7. The molecular weight excluding hydrogens is 366 g/mol. The van der Waals surface area contributed by atoms with Gasteiger partial charge in [-0.1, -0.05) is 0 Å². The van der Waals surface area contributed by atoms with Gasteiger partial charge in [0.2, 0.25) is 11.7 Å². The standard InChI is InChI=1S/C19H21N3O4S/c1-6-25-19(24)14-10(3)16(22-11(14)4)13(23)7-26-17-15-9(2)12(5)27-18(15)21-8-20-17/h8,22H,6-7H2,1-5H3. The molecule has 0 radical (unpaired) electrons. The Labute approximate surface area is 160 Å². The third-order valence-electron chi connectivity index (χ3n) is 4.47. The Morgan fingerprint density at radius 3 is 2.59 bits per heavy atom. The lowest BCUT2D eigenvalue weighted by Gasteiger charge is -2.06. The van der Waals surface area contributed by atoms with E-state index in [1.54, 1.807) is 32.1 Å². The largest absolute Gasteiger partial charge is 0.469 e. The van der Waals surface area contributed by atoms with Gasteiger partial charge in [-0.05, 0) is 45.7 Å². The molecule has 0 aliphatic heterocycles. The molecule has 0 aromatic carbocycles. The van der Waals surface area contributed by atoms with Gasteiger partial charge in [0.15, 0.2) is 6.61 Å². The number of carbonyl (C=O) groups excluding carboxylic acids is 2. The van der Waals surface area contributed by atoms with Gasteiger partial charge < -0.3 is 14.5 Å². The van der Waals surface area contributed by atoms with Gasteiger partial charge in [-0.15, -0.1) is 11.3 Å². The molecular formula is C19H21N3O4S. The van der Waals surface area contributed by atoms with E-state index in [-0.39, 0.29) is 19.0 Å². The molecule has 0 saturated carbocycles. The van der Waals surface area contributed by atoms with Crippen LogP contribution in [0.5, 0.6) is 5.88 Å². The maximum absolute atomic E-state index is 12.7. The van der Waals surface area contributed by atoms with E-state index in [4.69, 9.17) is 9.47 Å². The monoisotopic (exact) mass is 387 g/mol. The van der Waals surface area contributed by atoms with Crippen LogP contribution in [0, 0.1) is 27.7 Å². The number of ether oxygens (including phenoxy) is 2. The van der Waals surface area contributed by atoms with Crippen LogP contribution in [0.25, 0.3) is 10.2 Å². The number of esters is 1. The van der Waals surface area contributed by atoms with Crippen molar-refractivity contribution in [3.05, 3.63) is 39.3 Å². The highest BCUT2D eigenvalue weighted by Gasteiger charge is 2.23. The molecule has 3 aromatic rings. The third-order valence-corrected chi connectivity index (χ3v) is 5.58. The summed E-state index contributed by atoms with van der Waals surface area (Å²) in [7, 11) is 0. The van der Waals surface area contributed by atoms with Gasteiger partial charge in [-0.25, -0.2) is 14.8 Å². The molecule has 0 fully saturated rings. The molecule has 142 valence electrons. The van der Waals surface area contributed by atoms with Gasteiger partial charge in [-0.3, -0.25) is 4.79 Å². The van der Waals surface area contributed by atoms with E-state index in [1.165, 1.54) is 6.33 Å². The summed E-state index contributed by atoms with van der Waals surface area (Å²) in [6, 6.07) is 0. The number of ketones is 1. The highest BCUT2D eigenvalue weighted by Crippen LogP contribution is 2.33. The fourth-order valence-corrected chi connectivity index (χ4v) is 3.99. The number of Topliss-reactive ketones (excluding diaryl/α,β-unsaturated/α-hetero) is 1. The summed E-state index contributed by atoms with van der Waals surface area (Å²) in [5, 5.41) is 0.833. The maximum Gasteiger partial charge on any atom is 0.340 e. The number of nitrogens with one attached hydrogen (secondary N) is 1. The summed E-state index contributed by atoms with van der Waals surface area (Å²) in [4.78, 5) is 38.1. The van der Waals surface area contributed by atoms with Crippen molar-refractivity contribution in [2.45, 2.75) is 34.6 Å². The van der Waals surface area contributed by atoms with E-state index in [0.29, 0.717) is 28.4 Å². The minimum atomic E-state index is -0.439. The number of aromatic amines is 1. The molecule has 3 rings (SSSR count). The quantitative estimate of drug-likeness (QED) is 0.512. The summed E-state index contributed by atoms with van der Waals surface area (Å²) in [5.74, 6) is -0.310. The number of H-pyrrole nitrogens is 1. The SMILES string of the molecule is CCOC(=O)c1c(C)[nH]c(C(=O)COc2ncnc3sc(C)c(C)c23)c1C. The third kappa shape index (κ3) is 3.44. The van der Waals surface area contributed by atoms with E-state index >= 15 is 0 Å². The molecule has 3 heterocycles. The Balaban J connectivity index is 1.83. The molecule has 8 heteroatoms. The van der Waals surface area contributed by atoms with Gasteiger partial charge in [-0.2, -0.15) is 0 Å². The minimum Gasteiger partial charge on any atom is -0.469 e. The summed E-state index contributed by atoms with van der Waals surface area (Å²) in [5.41, 5.74) is 2.96. The zero-order chi connectivity index (χ0) is 19.7. The molecule has 3 aromatic heterocycles. The van der Waals surface area contributed by atoms with Crippen molar-refractivity contribution in [2.75, 3.05) is 13.2 Å². The highest BCUT2D eigenvalue weighted by atomic mass is 32.1. The smallest absolute Gasteiger partial charge is 0.340 e. The molecule has 0 amide bonds. The van der Waals surface area contributed by atoms with Gasteiger partial charge in [0, 0.05) is 10.6 Å². The molecule has 0 spiro atoms. The zero-order valence-corrected chi connectivity index (χ0v) is 16.7. The summed E-state index contributed by atoms with van der Waals surface area (Å²) >= 11 is 1.57. The second-order valence-electron chi connectivity index (χ2n) is 6.20. The van der Waals surface area contributed by atoms with Crippen molar-refractivity contribution in [1.29, 1.82) is 0 Å². The van der Waals surface area contributed by atoms with Crippen LogP contribution in [0.4, 0.5) is 0 Å². The number of fused-ring (bicyclic) bond motifs is 1. The number of rotatable bonds is 6. The van der Waals surface area contributed by atoms with Gasteiger partial charge in [0.25, 0.3) is 0 Å². The molecule has 1 N–H and O–H groups in total. The normalized spacial score (nSPS) is 11.0. The van der Waals surface area contributed by atoms with E-state index in [1.807, 2.05) is 13.8 Å². The number of nitrogens with zero attached hydrogens (tertiary/aromatic N) is 2. The van der Waals surface area contributed by atoms with E-state index in [0.717, 1.165) is 20.7 Å². The highest BCUT2D eigenvalue weighted by molar-refractivity contribution is 7.18. The second-order valence-corrected chi connectivity index (χ2v) is 7.40. The number of aromatic nitrogens is 3. The molecule has 0 bridgehead atoms. The van der Waals surface area contributed by atoms with Crippen molar-refractivity contribution in [3.63, 3.8) is 0 Å². The van der Waals surface area contributed by atoms with Crippen molar-refractivity contribution >= 4 is 33.3 Å². The number of hydrogen-bond acceptors (Lipinski definition) is 7. The van der Waals surface area contributed by atoms with Crippen LogP contribution < -0.4 is 4.74 Å². The lowest BCUT2D eigenvalue weighted by Crippen LogP contribution is -2.14. The Bertz CT molecular complexity index is 1040. The molecule has 0 unspecified atom stereocenters. The van der Waals surface area contributed by atoms with Crippen LogP contribution in [0.2, 0.25) is 0 Å². The fourth-order valence-electron chi connectivity index (χ4n) is 3.00. The molecule has 0 atom stereocenters. The molecule has 0 aliphatic carbocycles. The number of carbonyl (C=O) groups is 2.